The highest BCUT2D eigenvalue weighted by molar-refractivity contribution is 5.93. The quantitative estimate of drug-likeness (QED) is 0.643. The number of ether oxygens (including phenoxy) is 2. The Kier molecular flexibility index (Phi) is 6.67. The Hall–Kier alpha value is -2.83. The second kappa shape index (κ2) is 9.78. The fraction of sp³-hybridized carbons (Fsp3) is 0.375. The number of carbonyl (C=O) groups excluding carboxylic acids is 1. The molecule has 2 aliphatic heterocycles. The zero-order valence-corrected chi connectivity index (χ0v) is 17.5. The lowest BCUT2D eigenvalue weighted by molar-refractivity contribution is -1.02. The maximum atomic E-state index is 12.8. The summed E-state index contributed by atoms with van der Waals surface area (Å²) in [5.74, 6) is 1.48. The minimum Gasteiger partial charge on any atom is -0.486 e. The molecule has 0 spiro atoms. The van der Waals surface area contributed by atoms with Crippen LogP contribution in [0.1, 0.15) is 12.5 Å². The molecule has 1 amide bonds. The molecule has 2 aromatic rings. The van der Waals surface area contributed by atoms with E-state index >= 15 is 0 Å². The van der Waals surface area contributed by atoms with E-state index in [-0.39, 0.29) is 11.9 Å². The third kappa shape index (κ3) is 5.20. The van der Waals surface area contributed by atoms with Gasteiger partial charge < -0.3 is 24.6 Å². The minimum atomic E-state index is -0.0837. The summed E-state index contributed by atoms with van der Waals surface area (Å²) in [5, 5.41) is 3.04. The van der Waals surface area contributed by atoms with Gasteiger partial charge in [0.1, 0.15) is 39.4 Å². The lowest BCUT2D eigenvalue weighted by atomic mass is 10.2. The van der Waals surface area contributed by atoms with Crippen LogP contribution in [0.15, 0.2) is 54.6 Å². The molecule has 1 atom stereocenters. The van der Waals surface area contributed by atoms with Gasteiger partial charge in [0, 0.05) is 11.8 Å². The van der Waals surface area contributed by atoms with Gasteiger partial charge in [-0.3, -0.25) is 4.79 Å². The molecule has 4 rings (SSSR count). The predicted molar refractivity (Wildman–Crippen MR) is 117 cm³/mol. The first-order chi connectivity index (χ1) is 14.7. The van der Waals surface area contributed by atoms with E-state index in [9.17, 15) is 4.79 Å². The molecule has 2 aliphatic rings. The van der Waals surface area contributed by atoms with Crippen molar-refractivity contribution in [2.75, 3.05) is 51.3 Å². The van der Waals surface area contributed by atoms with Crippen molar-refractivity contribution < 1.29 is 24.1 Å². The van der Waals surface area contributed by atoms with Gasteiger partial charge in [0.2, 0.25) is 0 Å². The molecule has 2 aromatic carbocycles. The van der Waals surface area contributed by atoms with Gasteiger partial charge in [-0.05, 0) is 30.7 Å². The van der Waals surface area contributed by atoms with E-state index < -0.39 is 0 Å². The molecule has 0 saturated carbocycles. The van der Waals surface area contributed by atoms with Crippen LogP contribution in [0, 0.1) is 0 Å². The van der Waals surface area contributed by atoms with Crippen molar-refractivity contribution in [2.45, 2.75) is 13.0 Å². The van der Waals surface area contributed by atoms with Crippen molar-refractivity contribution >= 4 is 17.7 Å². The number of rotatable bonds is 6. The lowest BCUT2D eigenvalue weighted by Crippen LogP contribution is -3.29. The summed E-state index contributed by atoms with van der Waals surface area (Å²) in [7, 11) is 0. The molecule has 0 bridgehead atoms. The fourth-order valence-corrected chi connectivity index (χ4v) is 4.04. The summed E-state index contributed by atoms with van der Waals surface area (Å²) in [6, 6.07) is 15.9. The number of benzene rings is 2. The van der Waals surface area contributed by atoms with E-state index in [1.807, 2.05) is 31.2 Å². The van der Waals surface area contributed by atoms with Crippen LogP contribution in [0.3, 0.4) is 0 Å². The van der Waals surface area contributed by atoms with Crippen molar-refractivity contribution in [1.29, 1.82) is 0 Å². The first kappa shape index (κ1) is 20.4. The van der Waals surface area contributed by atoms with Gasteiger partial charge in [0.25, 0.3) is 5.91 Å². The van der Waals surface area contributed by atoms with Crippen LogP contribution in [0.5, 0.6) is 11.5 Å². The van der Waals surface area contributed by atoms with Crippen molar-refractivity contribution in [1.82, 2.24) is 0 Å². The van der Waals surface area contributed by atoms with E-state index in [4.69, 9.17) is 9.47 Å². The van der Waals surface area contributed by atoms with Gasteiger partial charge in [-0.25, -0.2) is 0 Å². The van der Waals surface area contributed by atoms with E-state index in [0.29, 0.717) is 19.0 Å². The third-order valence-electron chi connectivity index (χ3n) is 5.93. The van der Waals surface area contributed by atoms with E-state index in [2.05, 4.69) is 41.7 Å². The molecule has 0 aliphatic carbocycles. The molecule has 30 heavy (non-hydrogen) atoms. The maximum Gasteiger partial charge on any atom is 0.282 e. The highest BCUT2D eigenvalue weighted by Crippen LogP contribution is 2.32. The molecular formula is C24H31N3O3+2. The van der Waals surface area contributed by atoms with Gasteiger partial charge >= 0.3 is 0 Å². The third-order valence-corrected chi connectivity index (χ3v) is 5.93. The van der Waals surface area contributed by atoms with Crippen LogP contribution < -0.4 is 24.6 Å². The lowest BCUT2D eigenvalue weighted by Gasteiger charge is -2.32. The number of fused-ring (bicyclic) bond motifs is 1. The molecule has 158 valence electrons. The second-order valence-corrected chi connectivity index (χ2v) is 7.99. The van der Waals surface area contributed by atoms with Crippen LogP contribution in [-0.2, 0) is 4.79 Å². The number of hydrogen-bond acceptors (Lipinski definition) is 3. The Bertz CT molecular complexity index is 877. The monoisotopic (exact) mass is 409 g/mol. The Morgan fingerprint density at radius 3 is 2.53 bits per heavy atom. The zero-order chi connectivity index (χ0) is 20.8. The zero-order valence-electron chi connectivity index (χ0n) is 17.5. The smallest absolute Gasteiger partial charge is 0.282 e. The number of carbonyl (C=O) groups is 1. The van der Waals surface area contributed by atoms with Crippen LogP contribution in [0.25, 0.3) is 6.08 Å². The van der Waals surface area contributed by atoms with Crippen molar-refractivity contribution in [2.24, 2.45) is 0 Å². The van der Waals surface area contributed by atoms with Gasteiger partial charge in [-0.2, -0.15) is 0 Å². The van der Waals surface area contributed by atoms with Crippen molar-refractivity contribution in [3.63, 3.8) is 0 Å². The number of anilines is 1. The number of amides is 1. The topological polar surface area (TPSA) is 56.4 Å². The summed E-state index contributed by atoms with van der Waals surface area (Å²) < 4.78 is 11.1. The molecule has 0 aromatic heterocycles. The molecule has 0 radical (unpaired) electrons. The first-order valence-corrected chi connectivity index (χ1v) is 10.8. The van der Waals surface area contributed by atoms with E-state index in [1.165, 1.54) is 10.5 Å². The second-order valence-electron chi connectivity index (χ2n) is 7.99. The Morgan fingerprint density at radius 1 is 1.03 bits per heavy atom. The summed E-state index contributed by atoms with van der Waals surface area (Å²) >= 11 is 0. The van der Waals surface area contributed by atoms with Crippen LogP contribution >= 0.6 is 0 Å². The van der Waals surface area contributed by atoms with Crippen LogP contribution in [0.4, 0.5) is 5.69 Å². The van der Waals surface area contributed by atoms with E-state index in [0.717, 1.165) is 44.2 Å². The molecular weight excluding hydrogens is 378 g/mol. The number of hydrogen-bond donors (Lipinski definition) is 3. The molecule has 1 saturated heterocycles. The maximum absolute atomic E-state index is 12.8. The number of nitrogens with one attached hydrogen (secondary N) is 3. The normalized spacial score (nSPS) is 21.9. The molecule has 1 fully saturated rings. The first-order valence-electron chi connectivity index (χ1n) is 10.8. The SMILES string of the molecule is C[C@H](C(=O)Nc1ccc2c(c1)OCCO2)[NH+]1CC[NH+](C/C=C/c2ccccc2)CC1. The van der Waals surface area contributed by atoms with Crippen molar-refractivity contribution in [3.05, 3.63) is 60.2 Å². The summed E-state index contributed by atoms with van der Waals surface area (Å²) in [5.41, 5.74) is 2.00. The highest BCUT2D eigenvalue weighted by atomic mass is 16.6. The fourth-order valence-electron chi connectivity index (χ4n) is 4.04. The largest absolute Gasteiger partial charge is 0.486 e. The van der Waals surface area contributed by atoms with Gasteiger partial charge in [-0.15, -0.1) is 0 Å². The average molecular weight is 410 g/mol. The van der Waals surface area contributed by atoms with Gasteiger partial charge in [0.05, 0.1) is 6.54 Å². The molecule has 6 heteroatoms. The summed E-state index contributed by atoms with van der Waals surface area (Å²) in [6.45, 7) is 8.32. The predicted octanol–water partition coefficient (Wildman–Crippen LogP) is 0.282. The number of quaternary nitrogens is 2. The Morgan fingerprint density at radius 2 is 1.77 bits per heavy atom. The highest BCUT2D eigenvalue weighted by Gasteiger charge is 2.30. The number of piperazine rings is 1. The molecule has 3 N–H and O–H groups in total. The van der Waals surface area contributed by atoms with Crippen LogP contribution in [0.2, 0.25) is 0 Å². The minimum absolute atomic E-state index is 0.0501. The standard InChI is InChI=1S/C24H29N3O3/c1-19(24(28)25-21-9-10-22-23(18-21)30-17-16-29-22)27-14-12-26(13-15-27)11-5-8-20-6-3-2-4-7-20/h2-10,18-19H,11-17H2,1H3,(H,25,28)/p+2/b8-5+/t19-/m1/s1. The van der Waals surface area contributed by atoms with Crippen molar-refractivity contribution in [3.8, 4) is 11.5 Å². The summed E-state index contributed by atoms with van der Waals surface area (Å²) in [6.07, 6.45) is 4.45. The van der Waals surface area contributed by atoms with E-state index in [1.54, 1.807) is 4.90 Å². The Labute approximate surface area is 178 Å². The Balaban J connectivity index is 1.24. The molecule has 2 heterocycles. The summed E-state index contributed by atoms with van der Waals surface area (Å²) in [4.78, 5) is 15.7. The average Bonchev–Trinajstić information content (AvgIpc) is 2.80. The van der Waals surface area contributed by atoms with Gasteiger partial charge in [-0.1, -0.05) is 36.4 Å². The molecule has 6 nitrogen and oxygen atoms in total. The van der Waals surface area contributed by atoms with Gasteiger partial charge in [0.15, 0.2) is 17.5 Å². The molecule has 0 unspecified atom stereocenters. The van der Waals surface area contributed by atoms with Crippen LogP contribution in [-0.4, -0.2) is 57.9 Å².